The summed E-state index contributed by atoms with van der Waals surface area (Å²) in [6.45, 7) is 2.50. The SMILES string of the molecule is Cc1cccc(/C=C/C(=O)NCc2cn[nH]c2)c1. The fourth-order valence-corrected chi connectivity index (χ4v) is 1.57. The zero-order valence-electron chi connectivity index (χ0n) is 10.2. The number of hydrogen-bond acceptors (Lipinski definition) is 2. The van der Waals surface area contributed by atoms with Crippen LogP contribution in [0.25, 0.3) is 6.08 Å². The largest absolute Gasteiger partial charge is 0.348 e. The van der Waals surface area contributed by atoms with Gasteiger partial charge in [-0.1, -0.05) is 29.8 Å². The van der Waals surface area contributed by atoms with Gasteiger partial charge in [-0.2, -0.15) is 5.10 Å². The number of carbonyl (C=O) groups excluding carboxylic acids is 1. The van der Waals surface area contributed by atoms with Gasteiger partial charge < -0.3 is 5.32 Å². The van der Waals surface area contributed by atoms with Gasteiger partial charge in [0.2, 0.25) is 5.91 Å². The molecule has 92 valence electrons. The van der Waals surface area contributed by atoms with Crippen LogP contribution in [0, 0.1) is 6.92 Å². The Morgan fingerprint density at radius 1 is 1.50 bits per heavy atom. The number of aromatic nitrogens is 2. The van der Waals surface area contributed by atoms with Crippen LogP contribution in [0.15, 0.2) is 42.7 Å². The molecule has 0 saturated carbocycles. The summed E-state index contributed by atoms with van der Waals surface area (Å²) in [5, 5.41) is 9.29. The Labute approximate surface area is 106 Å². The van der Waals surface area contributed by atoms with Crippen LogP contribution in [-0.4, -0.2) is 16.1 Å². The lowest BCUT2D eigenvalue weighted by atomic mass is 10.1. The first-order valence-corrected chi connectivity index (χ1v) is 5.74. The Hall–Kier alpha value is -2.36. The summed E-state index contributed by atoms with van der Waals surface area (Å²) in [6, 6.07) is 7.99. The van der Waals surface area contributed by atoms with E-state index in [1.165, 1.54) is 11.6 Å². The van der Waals surface area contributed by atoms with Gasteiger partial charge >= 0.3 is 0 Å². The van der Waals surface area contributed by atoms with E-state index < -0.39 is 0 Å². The highest BCUT2D eigenvalue weighted by molar-refractivity contribution is 5.91. The molecule has 2 N–H and O–H groups in total. The van der Waals surface area contributed by atoms with Crippen molar-refractivity contribution in [3.8, 4) is 0 Å². The number of aryl methyl sites for hydroxylation is 1. The maximum Gasteiger partial charge on any atom is 0.244 e. The van der Waals surface area contributed by atoms with E-state index in [0.29, 0.717) is 6.54 Å². The third-order valence-electron chi connectivity index (χ3n) is 2.49. The second-order valence-electron chi connectivity index (χ2n) is 4.07. The molecule has 0 radical (unpaired) electrons. The molecular formula is C14H15N3O. The highest BCUT2D eigenvalue weighted by Gasteiger charge is 1.97. The number of hydrogen-bond donors (Lipinski definition) is 2. The normalized spacial score (nSPS) is 10.7. The molecule has 2 rings (SSSR count). The minimum absolute atomic E-state index is 0.113. The maximum atomic E-state index is 11.6. The van der Waals surface area contributed by atoms with Crippen molar-refractivity contribution < 1.29 is 4.79 Å². The molecule has 0 spiro atoms. The molecule has 1 aromatic heterocycles. The predicted molar refractivity (Wildman–Crippen MR) is 70.6 cm³/mol. The highest BCUT2D eigenvalue weighted by atomic mass is 16.1. The molecule has 2 aromatic rings. The fourth-order valence-electron chi connectivity index (χ4n) is 1.57. The van der Waals surface area contributed by atoms with Crippen LogP contribution in [0.2, 0.25) is 0 Å². The molecule has 4 nitrogen and oxygen atoms in total. The van der Waals surface area contributed by atoms with Crippen LogP contribution in [0.3, 0.4) is 0 Å². The Bertz CT molecular complexity index is 544. The second-order valence-corrected chi connectivity index (χ2v) is 4.07. The van der Waals surface area contributed by atoms with Crippen LogP contribution in [0.5, 0.6) is 0 Å². The molecule has 0 saturated heterocycles. The molecular weight excluding hydrogens is 226 g/mol. The number of carbonyl (C=O) groups is 1. The highest BCUT2D eigenvalue weighted by Crippen LogP contribution is 2.05. The van der Waals surface area contributed by atoms with Gasteiger partial charge in [0.15, 0.2) is 0 Å². The van der Waals surface area contributed by atoms with Gasteiger partial charge in [-0.25, -0.2) is 0 Å². The minimum atomic E-state index is -0.113. The third-order valence-corrected chi connectivity index (χ3v) is 2.49. The summed E-state index contributed by atoms with van der Waals surface area (Å²) in [6.07, 6.45) is 6.78. The van der Waals surface area contributed by atoms with Crippen molar-refractivity contribution in [1.29, 1.82) is 0 Å². The summed E-state index contributed by atoms with van der Waals surface area (Å²) in [7, 11) is 0. The monoisotopic (exact) mass is 241 g/mol. The van der Waals surface area contributed by atoms with E-state index in [1.807, 2.05) is 31.2 Å². The summed E-state index contributed by atoms with van der Waals surface area (Å²) < 4.78 is 0. The Kier molecular flexibility index (Phi) is 3.91. The van der Waals surface area contributed by atoms with Gasteiger partial charge in [0.05, 0.1) is 6.20 Å². The van der Waals surface area contributed by atoms with Gasteiger partial charge in [0.1, 0.15) is 0 Å². The Morgan fingerprint density at radius 2 is 2.39 bits per heavy atom. The predicted octanol–water partition coefficient (Wildman–Crippen LogP) is 2.05. The summed E-state index contributed by atoms with van der Waals surface area (Å²) in [4.78, 5) is 11.6. The first kappa shape index (κ1) is 12.1. The number of rotatable bonds is 4. The smallest absolute Gasteiger partial charge is 0.244 e. The van der Waals surface area contributed by atoms with E-state index >= 15 is 0 Å². The van der Waals surface area contributed by atoms with Crippen LogP contribution >= 0.6 is 0 Å². The molecule has 1 amide bonds. The molecule has 4 heteroatoms. The molecule has 1 heterocycles. The van der Waals surface area contributed by atoms with Crippen molar-refractivity contribution in [2.45, 2.75) is 13.5 Å². The molecule has 0 fully saturated rings. The molecule has 0 aliphatic heterocycles. The van der Waals surface area contributed by atoms with Crippen LogP contribution in [0.4, 0.5) is 0 Å². The summed E-state index contributed by atoms with van der Waals surface area (Å²) >= 11 is 0. The average molecular weight is 241 g/mol. The number of H-pyrrole nitrogens is 1. The summed E-state index contributed by atoms with van der Waals surface area (Å²) in [5.74, 6) is -0.113. The number of nitrogens with zero attached hydrogens (tertiary/aromatic N) is 1. The standard InChI is InChI=1S/C14H15N3O/c1-11-3-2-4-12(7-11)5-6-14(18)15-8-13-9-16-17-10-13/h2-7,9-10H,8H2,1H3,(H,15,18)(H,16,17)/b6-5+. The van der Waals surface area contributed by atoms with Gasteiger partial charge in [-0.3, -0.25) is 9.89 Å². The maximum absolute atomic E-state index is 11.6. The lowest BCUT2D eigenvalue weighted by Crippen LogP contribution is -2.19. The quantitative estimate of drug-likeness (QED) is 0.805. The molecule has 1 aromatic carbocycles. The molecule has 0 aliphatic carbocycles. The lowest BCUT2D eigenvalue weighted by molar-refractivity contribution is -0.116. The number of amides is 1. The van der Waals surface area contributed by atoms with Crippen molar-refractivity contribution in [2.75, 3.05) is 0 Å². The fraction of sp³-hybridized carbons (Fsp3) is 0.143. The van der Waals surface area contributed by atoms with E-state index in [1.54, 1.807) is 18.5 Å². The molecule has 0 bridgehead atoms. The number of nitrogens with one attached hydrogen (secondary N) is 2. The molecule has 0 unspecified atom stereocenters. The molecule has 0 aliphatic rings. The zero-order chi connectivity index (χ0) is 12.8. The van der Waals surface area contributed by atoms with Gasteiger partial charge in [0, 0.05) is 24.4 Å². The number of benzene rings is 1. The van der Waals surface area contributed by atoms with Gasteiger partial charge in [-0.05, 0) is 18.6 Å². The first-order chi connectivity index (χ1) is 8.74. The minimum Gasteiger partial charge on any atom is -0.348 e. The van der Waals surface area contributed by atoms with E-state index in [4.69, 9.17) is 0 Å². The van der Waals surface area contributed by atoms with Crippen molar-refractivity contribution in [3.63, 3.8) is 0 Å². The Balaban J connectivity index is 1.87. The average Bonchev–Trinajstić information content (AvgIpc) is 2.87. The Morgan fingerprint density at radius 3 is 3.11 bits per heavy atom. The van der Waals surface area contributed by atoms with Gasteiger partial charge in [-0.15, -0.1) is 0 Å². The van der Waals surface area contributed by atoms with Crippen molar-refractivity contribution >= 4 is 12.0 Å². The topological polar surface area (TPSA) is 57.8 Å². The second kappa shape index (κ2) is 5.82. The lowest BCUT2D eigenvalue weighted by Gasteiger charge is -1.99. The third kappa shape index (κ3) is 3.59. The number of aromatic amines is 1. The van der Waals surface area contributed by atoms with Gasteiger partial charge in [0.25, 0.3) is 0 Å². The first-order valence-electron chi connectivity index (χ1n) is 5.74. The van der Waals surface area contributed by atoms with Crippen molar-refractivity contribution in [2.24, 2.45) is 0 Å². The zero-order valence-corrected chi connectivity index (χ0v) is 10.2. The van der Waals surface area contributed by atoms with Crippen molar-refractivity contribution in [3.05, 3.63) is 59.4 Å². The molecule has 0 atom stereocenters. The van der Waals surface area contributed by atoms with Crippen LogP contribution < -0.4 is 5.32 Å². The van der Waals surface area contributed by atoms with E-state index in [0.717, 1.165) is 11.1 Å². The van der Waals surface area contributed by atoms with Crippen LogP contribution in [0.1, 0.15) is 16.7 Å². The van der Waals surface area contributed by atoms with E-state index in [2.05, 4.69) is 15.5 Å². The van der Waals surface area contributed by atoms with Crippen molar-refractivity contribution in [1.82, 2.24) is 15.5 Å². The molecule has 18 heavy (non-hydrogen) atoms. The van der Waals surface area contributed by atoms with E-state index in [9.17, 15) is 4.79 Å². The van der Waals surface area contributed by atoms with Crippen LogP contribution in [-0.2, 0) is 11.3 Å². The van der Waals surface area contributed by atoms with E-state index in [-0.39, 0.29) is 5.91 Å². The summed E-state index contributed by atoms with van der Waals surface area (Å²) in [5.41, 5.74) is 3.15.